The van der Waals surface area contributed by atoms with E-state index >= 15 is 0 Å². The Morgan fingerprint density at radius 3 is 2.61 bits per heavy atom. The van der Waals surface area contributed by atoms with E-state index in [2.05, 4.69) is 31.2 Å². The van der Waals surface area contributed by atoms with Gasteiger partial charge in [-0.05, 0) is 36.8 Å². The molecule has 0 aliphatic rings. The third-order valence-electron chi connectivity index (χ3n) is 3.09. The lowest BCUT2D eigenvalue weighted by molar-refractivity contribution is 0.0683. The van der Waals surface area contributed by atoms with Crippen LogP contribution in [0.2, 0.25) is 0 Å². The first-order valence-corrected chi connectivity index (χ1v) is 7.01. The highest BCUT2D eigenvalue weighted by Crippen LogP contribution is 2.25. The molecule has 0 bridgehead atoms. The van der Waals surface area contributed by atoms with Crippen LogP contribution in [0.3, 0.4) is 0 Å². The van der Waals surface area contributed by atoms with Crippen LogP contribution in [0, 0.1) is 6.92 Å². The van der Waals surface area contributed by atoms with Gasteiger partial charge < -0.3 is 9.47 Å². The molecule has 0 aromatic heterocycles. The van der Waals surface area contributed by atoms with E-state index in [4.69, 9.17) is 21.1 Å². The molecule has 102 valence electrons. The van der Waals surface area contributed by atoms with Crippen molar-refractivity contribution in [2.24, 2.45) is 0 Å². The summed E-state index contributed by atoms with van der Waals surface area (Å²) in [7, 11) is 1.69. The van der Waals surface area contributed by atoms with Crippen molar-refractivity contribution in [3.63, 3.8) is 0 Å². The summed E-state index contributed by atoms with van der Waals surface area (Å²) < 4.78 is 10.4. The minimum absolute atomic E-state index is 0.430. The van der Waals surface area contributed by atoms with Crippen molar-refractivity contribution in [2.75, 3.05) is 32.8 Å². The molecule has 3 heteroatoms. The molecule has 0 saturated carbocycles. The van der Waals surface area contributed by atoms with Crippen LogP contribution in [0.25, 0.3) is 0 Å². The average Bonchev–Trinajstić information content (AvgIpc) is 2.39. The topological polar surface area (TPSA) is 18.5 Å². The Morgan fingerprint density at radius 1 is 1.17 bits per heavy atom. The summed E-state index contributed by atoms with van der Waals surface area (Å²) in [4.78, 5) is 0. The highest BCUT2D eigenvalue weighted by atomic mass is 35.5. The van der Waals surface area contributed by atoms with Gasteiger partial charge in [0.15, 0.2) is 0 Å². The minimum atomic E-state index is 0.430. The van der Waals surface area contributed by atoms with E-state index < -0.39 is 0 Å². The first kappa shape index (κ1) is 15.5. The highest BCUT2D eigenvalue weighted by Gasteiger charge is 2.11. The zero-order chi connectivity index (χ0) is 13.2. The molecule has 0 heterocycles. The van der Waals surface area contributed by atoms with Crippen molar-refractivity contribution >= 4 is 11.6 Å². The zero-order valence-electron chi connectivity index (χ0n) is 11.3. The maximum atomic E-state index is 6.08. The van der Waals surface area contributed by atoms with Crippen molar-refractivity contribution in [1.82, 2.24) is 0 Å². The van der Waals surface area contributed by atoms with Crippen molar-refractivity contribution in [3.8, 4) is 0 Å². The van der Waals surface area contributed by atoms with Gasteiger partial charge in [-0.1, -0.05) is 24.3 Å². The second-order valence-corrected chi connectivity index (χ2v) is 4.76. The van der Waals surface area contributed by atoms with Crippen LogP contribution in [0.15, 0.2) is 24.3 Å². The fourth-order valence-electron chi connectivity index (χ4n) is 2.04. The first-order valence-electron chi connectivity index (χ1n) is 6.47. The summed E-state index contributed by atoms with van der Waals surface area (Å²) in [6, 6.07) is 8.47. The summed E-state index contributed by atoms with van der Waals surface area (Å²) >= 11 is 6.08. The number of methoxy groups -OCH3 is 1. The number of rotatable bonds is 9. The van der Waals surface area contributed by atoms with Crippen LogP contribution in [-0.4, -0.2) is 32.8 Å². The van der Waals surface area contributed by atoms with Gasteiger partial charge in [0, 0.05) is 19.6 Å². The second kappa shape index (κ2) is 9.37. The first-order chi connectivity index (χ1) is 8.79. The predicted octanol–water partition coefficient (Wildman–Crippen LogP) is 3.76. The summed E-state index contributed by atoms with van der Waals surface area (Å²) in [5, 5.41) is 0. The summed E-state index contributed by atoms with van der Waals surface area (Å²) in [5.74, 6) is 1.10. The molecular formula is C15H23ClO2. The fourth-order valence-corrected chi connectivity index (χ4v) is 2.36. The third kappa shape index (κ3) is 5.38. The van der Waals surface area contributed by atoms with Gasteiger partial charge in [-0.15, -0.1) is 11.6 Å². The number of halogens is 1. The fraction of sp³-hybridized carbons (Fsp3) is 0.600. The van der Waals surface area contributed by atoms with Crippen molar-refractivity contribution in [1.29, 1.82) is 0 Å². The predicted molar refractivity (Wildman–Crippen MR) is 76.6 cm³/mol. The number of alkyl halides is 1. The lowest BCUT2D eigenvalue weighted by Crippen LogP contribution is -2.07. The standard InChI is InChI=1S/C15H23ClO2/c1-13-6-3-4-8-15(13)14(12-16)7-5-9-18-11-10-17-2/h3-4,6,8,14H,5,7,9-12H2,1-2H3. The Bertz CT molecular complexity index is 328. The lowest BCUT2D eigenvalue weighted by Gasteiger charge is -2.16. The normalized spacial score (nSPS) is 12.6. The van der Waals surface area contributed by atoms with Gasteiger partial charge in [-0.25, -0.2) is 0 Å². The van der Waals surface area contributed by atoms with Crippen LogP contribution in [0.4, 0.5) is 0 Å². The molecule has 0 aliphatic heterocycles. The SMILES string of the molecule is COCCOCCCC(CCl)c1ccccc1C. The number of hydrogen-bond acceptors (Lipinski definition) is 2. The number of aryl methyl sites for hydroxylation is 1. The molecule has 0 aliphatic carbocycles. The van der Waals surface area contributed by atoms with Crippen LogP contribution < -0.4 is 0 Å². The van der Waals surface area contributed by atoms with E-state index in [1.54, 1.807) is 7.11 Å². The molecule has 0 spiro atoms. The van der Waals surface area contributed by atoms with Gasteiger partial charge in [0.05, 0.1) is 13.2 Å². The van der Waals surface area contributed by atoms with E-state index in [9.17, 15) is 0 Å². The monoisotopic (exact) mass is 270 g/mol. The zero-order valence-corrected chi connectivity index (χ0v) is 12.1. The summed E-state index contributed by atoms with van der Waals surface area (Å²) in [6.45, 7) is 4.26. The number of ether oxygens (including phenoxy) is 2. The Morgan fingerprint density at radius 2 is 1.94 bits per heavy atom. The maximum Gasteiger partial charge on any atom is 0.0700 e. The minimum Gasteiger partial charge on any atom is -0.382 e. The molecule has 1 atom stereocenters. The Labute approximate surface area is 115 Å². The van der Waals surface area contributed by atoms with E-state index in [1.807, 2.05) is 0 Å². The average molecular weight is 271 g/mol. The van der Waals surface area contributed by atoms with Crippen LogP contribution in [0.1, 0.15) is 29.9 Å². The van der Waals surface area contributed by atoms with Crippen LogP contribution in [-0.2, 0) is 9.47 Å². The molecule has 0 fully saturated rings. The van der Waals surface area contributed by atoms with Crippen molar-refractivity contribution in [2.45, 2.75) is 25.7 Å². The molecule has 1 rings (SSSR count). The largest absolute Gasteiger partial charge is 0.382 e. The van der Waals surface area contributed by atoms with Gasteiger partial charge >= 0.3 is 0 Å². The van der Waals surface area contributed by atoms with E-state index in [0.717, 1.165) is 19.4 Å². The van der Waals surface area contributed by atoms with Crippen molar-refractivity contribution in [3.05, 3.63) is 35.4 Å². The summed E-state index contributed by atoms with van der Waals surface area (Å²) in [5.41, 5.74) is 2.69. The van der Waals surface area contributed by atoms with Crippen LogP contribution >= 0.6 is 11.6 Å². The number of benzene rings is 1. The van der Waals surface area contributed by atoms with Gasteiger partial charge in [-0.3, -0.25) is 0 Å². The molecule has 2 nitrogen and oxygen atoms in total. The highest BCUT2D eigenvalue weighted by molar-refractivity contribution is 6.18. The molecule has 0 saturated heterocycles. The van der Waals surface area contributed by atoms with Gasteiger partial charge in [0.1, 0.15) is 0 Å². The molecule has 1 aromatic carbocycles. The third-order valence-corrected chi connectivity index (χ3v) is 3.46. The van der Waals surface area contributed by atoms with Gasteiger partial charge in [-0.2, -0.15) is 0 Å². The smallest absolute Gasteiger partial charge is 0.0700 e. The maximum absolute atomic E-state index is 6.08. The Balaban J connectivity index is 2.32. The lowest BCUT2D eigenvalue weighted by atomic mass is 9.92. The number of hydrogen-bond donors (Lipinski definition) is 0. The van der Waals surface area contributed by atoms with Gasteiger partial charge in [0.25, 0.3) is 0 Å². The summed E-state index contributed by atoms with van der Waals surface area (Å²) in [6.07, 6.45) is 2.11. The molecule has 18 heavy (non-hydrogen) atoms. The molecule has 0 radical (unpaired) electrons. The Kier molecular flexibility index (Phi) is 8.06. The van der Waals surface area contributed by atoms with Crippen molar-refractivity contribution < 1.29 is 9.47 Å². The van der Waals surface area contributed by atoms with E-state index in [1.165, 1.54) is 11.1 Å². The molecule has 1 aromatic rings. The molecule has 0 amide bonds. The van der Waals surface area contributed by atoms with E-state index in [0.29, 0.717) is 25.0 Å². The van der Waals surface area contributed by atoms with Crippen LogP contribution in [0.5, 0.6) is 0 Å². The van der Waals surface area contributed by atoms with E-state index in [-0.39, 0.29) is 0 Å². The quantitative estimate of drug-likeness (QED) is 0.502. The molecular weight excluding hydrogens is 248 g/mol. The second-order valence-electron chi connectivity index (χ2n) is 4.46. The van der Waals surface area contributed by atoms with Gasteiger partial charge in [0.2, 0.25) is 0 Å². The molecule has 1 unspecified atom stereocenters. The molecule has 0 N–H and O–H groups in total. The Hall–Kier alpha value is -0.570.